The first kappa shape index (κ1) is 13.4. The second-order valence-electron chi connectivity index (χ2n) is 5.05. The monoisotopic (exact) mass is 298 g/mol. The van der Waals surface area contributed by atoms with E-state index in [1.54, 1.807) is 6.07 Å². The van der Waals surface area contributed by atoms with E-state index >= 15 is 0 Å². The molecule has 0 bridgehead atoms. The summed E-state index contributed by atoms with van der Waals surface area (Å²) in [5.74, 6) is 1.74. The fraction of sp³-hybridized carbons (Fsp3) is 0.538. The summed E-state index contributed by atoms with van der Waals surface area (Å²) in [7, 11) is -2.93. The van der Waals surface area contributed by atoms with Crippen LogP contribution >= 0.6 is 0 Å². The molecule has 1 fully saturated rings. The van der Waals surface area contributed by atoms with Gasteiger partial charge < -0.3 is 20.1 Å². The largest absolute Gasteiger partial charge is 0.486 e. The van der Waals surface area contributed by atoms with E-state index in [1.165, 1.54) is 0 Å². The molecule has 1 aromatic rings. The fourth-order valence-electron chi connectivity index (χ4n) is 2.55. The number of sulfone groups is 1. The molecule has 110 valence electrons. The summed E-state index contributed by atoms with van der Waals surface area (Å²) < 4.78 is 34.4. The molecule has 3 rings (SSSR count). The minimum Gasteiger partial charge on any atom is -0.486 e. The first-order valence-corrected chi connectivity index (χ1v) is 8.52. The molecule has 1 aromatic carbocycles. The summed E-state index contributed by atoms with van der Waals surface area (Å²) in [4.78, 5) is 2.01. The van der Waals surface area contributed by atoms with Crippen molar-refractivity contribution in [2.75, 3.05) is 48.4 Å². The van der Waals surface area contributed by atoms with Crippen molar-refractivity contribution < 1.29 is 17.9 Å². The summed E-state index contributed by atoms with van der Waals surface area (Å²) in [5, 5.41) is 0. The van der Waals surface area contributed by atoms with Gasteiger partial charge in [-0.1, -0.05) is 0 Å². The number of nitrogens with zero attached hydrogens (tertiary/aromatic N) is 1. The SMILES string of the molecule is Nc1cc2c(cc1N1CCCS(=O)(=O)CC1)OCCO2. The molecule has 2 heterocycles. The van der Waals surface area contributed by atoms with Crippen LogP contribution in [0.4, 0.5) is 11.4 Å². The normalized spacial score (nSPS) is 21.3. The molecule has 6 nitrogen and oxygen atoms in total. The molecule has 0 spiro atoms. The van der Waals surface area contributed by atoms with Gasteiger partial charge in [-0.2, -0.15) is 0 Å². The second kappa shape index (κ2) is 5.05. The molecule has 0 aliphatic carbocycles. The van der Waals surface area contributed by atoms with Gasteiger partial charge in [0, 0.05) is 25.2 Å². The lowest BCUT2D eigenvalue weighted by atomic mass is 10.2. The minimum absolute atomic E-state index is 0.168. The van der Waals surface area contributed by atoms with Crippen molar-refractivity contribution in [1.82, 2.24) is 0 Å². The maximum Gasteiger partial charge on any atom is 0.163 e. The Morgan fingerprint density at radius 1 is 1.05 bits per heavy atom. The van der Waals surface area contributed by atoms with Crippen molar-refractivity contribution in [2.24, 2.45) is 0 Å². The summed E-state index contributed by atoms with van der Waals surface area (Å²) in [6, 6.07) is 3.60. The maximum absolute atomic E-state index is 11.7. The van der Waals surface area contributed by atoms with Gasteiger partial charge in [0.2, 0.25) is 0 Å². The van der Waals surface area contributed by atoms with Crippen LogP contribution in [-0.4, -0.2) is 46.2 Å². The van der Waals surface area contributed by atoms with E-state index in [2.05, 4.69) is 0 Å². The molecule has 20 heavy (non-hydrogen) atoms. The predicted octanol–water partition coefficient (Wildman–Crippen LogP) is 0.665. The number of hydrogen-bond acceptors (Lipinski definition) is 6. The minimum atomic E-state index is -2.93. The zero-order valence-corrected chi connectivity index (χ0v) is 12.0. The molecule has 1 saturated heterocycles. The van der Waals surface area contributed by atoms with Crippen molar-refractivity contribution in [3.63, 3.8) is 0 Å². The Morgan fingerprint density at radius 2 is 1.75 bits per heavy atom. The van der Waals surface area contributed by atoms with E-state index in [1.807, 2.05) is 11.0 Å². The lowest BCUT2D eigenvalue weighted by Gasteiger charge is -2.26. The standard InChI is InChI=1S/C13H18N2O4S/c14-10-8-12-13(19-5-4-18-12)9-11(10)15-2-1-6-20(16,17)7-3-15/h8-9H,1-7,14H2. The van der Waals surface area contributed by atoms with Crippen molar-refractivity contribution in [2.45, 2.75) is 6.42 Å². The van der Waals surface area contributed by atoms with E-state index < -0.39 is 9.84 Å². The number of anilines is 2. The van der Waals surface area contributed by atoms with Crippen molar-refractivity contribution in [3.05, 3.63) is 12.1 Å². The van der Waals surface area contributed by atoms with Crippen LogP contribution in [0.2, 0.25) is 0 Å². The number of benzene rings is 1. The Bertz CT molecular complexity index is 615. The highest BCUT2D eigenvalue weighted by Gasteiger charge is 2.23. The lowest BCUT2D eigenvalue weighted by molar-refractivity contribution is 0.172. The molecule has 0 aromatic heterocycles. The fourth-order valence-corrected chi connectivity index (χ4v) is 3.82. The molecule has 2 N–H and O–H groups in total. The predicted molar refractivity (Wildman–Crippen MR) is 77.3 cm³/mol. The maximum atomic E-state index is 11.7. The molecule has 0 unspecified atom stereocenters. The highest BCUT2D eigenvalue weighted by Crippen LogP contribution is 2.38. The Kier molecular flexibility index (Phi) is 3.37. The quantitative estimate of drug-likeness (QED) is 0.767. The Hall–Kier alpha value is -1.63. The van der Waals surface area contributed by atoms with Crippen LogP contribution in [0.5, 0.6) is 11.5 Å². The third-order valence-electron chi connectivity index (χ3n) is 3.59. The average Bonchev–Trinajstić information content (AvgIpc) is 2.59. The molecule has 2 aliphatic heterocycles. The smallest absolute Gasteiger partial charge is 0.163 e. The van der Waals surface area contributed by atoms with Gasteiger partial charge in [-0.05, 0) is 6.42 Å². The van der Waals surface area contributed by atoms with Gasteiger partial charge in [0.25, 0.3) is 0 Å². The van der Waals surface area contributed by atoms with Crippen molar-refractivity contribution in [3.8, 4) is 11.5 Å². The number of nitrogens with two attached hydrogens (primary N) is 1. The van der Waals surface area contributed by atoms with Crippen LogP contribution < -0.4 is 20.1 Å². The van der Waals surface area contributed by atoms with Crippen molar-refractivity contribution in [1.29, 1.82) is 0 Å². The highest BCUT2D eigenvalue weighted by atomic mass is 32.2. The Balaban J connectivity index is 1.89. The molecule has 0 radical (unpaired) electrons. The summed E-state index contributed by atoms with van der Waals surface area (Å²) >= 11 is 0. The van der Waals surface area contributed by atoms with Crippen LogP contribution in [0.25, 0.3) is 0 Å². The number of rotatable bonds is 1. The lowest BCUT2D eigenvalue weighted by Crippen LogP contribution is -2.28. The first-order chi connectivity index (χ1) is 9.55. The summed E-state index contributed by atoms with van der Waals surface area (Å²) in [5.41, 5.74) is 7.48. The van der Waals surface area contributed by atoms with Crippen LogP contribution in [-0.2, 0) is 9.84 Å². The zero-order valence-electron chi connectivity index (χ0n) is 11.2. The van der Waals surface area contributed by atoms with E-state index in [9.17, 15) is 8.42 Å². The van der Waals surface area contributed by atoms with Crippen LogP contribution in [0.1, 0.15) is 6.42 Å². The summed E-state index contributed by atoms with van der Waals surface area (Å²) in [6.45, 7) is 2.19. The zero-order chi connectivity index (χ0) is 14.2. The molecule has 2 aliphatic rings. The molecular weight excluding hydrogens is 280 g/mol. The van der Waals surface area contributed by atoms with Crippen molar-refractivity contribution >= 4 is 21.2 Å². The molecule has 0 saturated carbocycles. The number of fused-ring (bicyclic) bond motifs is 1. The van der Waals surface area contributed by atoms with Crippen LogP contribution in [0.15, 0.2) is 12.1 Å². The van der Waals surface area contributed by atoms with Crippen LogP contribution in [0.3, 0.4) is 0 Å². The Labute approximate surface area is 118 Å². The van der Waals surface area contributed by atoms with E-state index in [4.69, 9.17) is 15.2 Å². The van der Waals surface area contributed by atoms with E-state index in [0.717, 1.165) is 5.69 Å². The third kappa shape index (κ3) is 2.63. The highest BCUT2D eigenvalue weighted by molar-refractivity contribution is 7.91. The topological polar surface area (TPSA) is 81.9 Å². The number of hydrogen-bond donors (Lipinski definition) is 1. The first-order valence-electron chi connectivity index (χ1n) is 6.70. The second-order valence-corrected chi connectivity index (χ2v) is 7.35. The summed E-state index contributed by atoms with van der Waals surface area (Å²) in [6.07, 6.45) is 0.621. The average molecular weight is 298 g/mol. The van der Waals surface area contributed by atoms with Gasteiger partial charge in [-0.3, -0.25) is 0 Å². The van der Waals surface area contributed by atoms with Gasteiger partial charge in [0.15, 0.2) is 21.3 Å². The van der Waals surface area contributed by atoms with Gasteiger partial charge in [0.1, 0.15) is 13.2 Å². The third-order valence-corrected chi connectivity index (χ3v) is 5.30. The number of ether oxygens (including phenoxy) is 2. The number of nitrogen functional groups attached to an aromatic ring is 1. The Morgan fingerprint density at radius 3 is 2.50 bits per heavy atom. The molecule has 7 heteroatoms. The van der Waals surface area contributed by atoms with Gasteiger partial charge >= 0.3 is 0 Å². The van der Waals surface area contributed by atoms with Crippen LogP contribution in [0, 0.1) is 0 Å². The van der Waals surface area contributed by atoms with Gasteiger partial charge in [-0.15, -0.1) is 0 Å². The van der Waals surface area contributed by atoms with Gasteiger partial charge in [-0.25, -0.2) is 8.42 Å². The van der Waals surface area contributed by atoms with E-state index in [-0.39, 0.29) is 11.5 Å². The van der Waals surface area contributed by atoms with E-state index in [0.29, 0.717) is 49.9 Å². The van der Waals surface area contributed by atoms with Gasteiger partial charge in [0.05, 0.1) is 22.9 Å². The molecule has 0 amide bonds. The molecule has 0 atom stereocenters. The molecular formula is C13H18N2O4S.